The van der Waals surface area contributed by atoms with Gasteiger partial charge in [0.25, 0.3) is 0 Å². The lowest BCUT2D eigenvalue weighted by molar-refractivity contribution is -0.113. The third-order valence-corrected chi connectivity index (χ3v) is 5.99. The third-order valence-electron chi connectivity index (χ3n) is 4.02. The van der Waals surface area contributed by atoms with Crippen molar-refractivity contribution >= 4 is 45.5 Å². The number of carbonyl (C=O) groups excluding carboxylic acids is 1. The van der Waals surface area contributed by atoms with Crippen molar-refractivity contribution in [3.05, 3.63) is 59.7 Å². The summed E-state index contributed by atoms with van der Waals surface area (Å²) in [4.78, 5) is 12.4. The second-order valence-electron chi connectivity index (χ2n) is 5.86. The van der Waals surface area contributed by atoms with Crippen molar-refractivity contribution in [2.45, 2.75) is 31.0 Å². The number of benzene rings is 2. The van der Waals surface area contributed by atoms with E-state index in [2.05, 4.69) is 46.8 Å². The molecule has 0 bridgehead atoms. The maximum Gasteiger partial charge on any atom is 0.234 e. The minimum absolute atomic E-state index is 0.0247. The monoisotopic (exact) mass is 398 g/mol. The number of nitrogens with one attached hydrogen (secondary N) is 2. The molecule has 3 rings (SSSR count). The maximum absolute atomic E-state index is 12.4. The van der Waals surface area contributed by atoms with Crippen LogP contribution in [0.2, 0.25) is 0 Å². The van der Waals surface area contributed by atoms with E-state index in [0.29, 0.717) is 10.9 Å². The highest BCUT2D eigenvalue weighted by atomic mass is 32.2. The Kier molecular flexibility index (Phi) is 6.84. The van der Waals surface area contributed by atoms with Crippen molar-refractivity contribution in [3.63, 3.8) is 0 Å². The number of thioether (sulfide) groups is 1. The average Bonchev–Trinajstić information content (AvgIpc) is 3.14. The Morgan fingerprint density at radius 3 is 2.37 bits per heavy atom. The number of amides is 1. The van der Waals surface area contributed by atoms with Crippen LogP contribution in [0.4, 0.5) is 16.5 Å². The lowest BCUT2D eigenvalue weighted by Gasteiger charge is -2.14. The van der Waals surface area contributed by atoms with Crippen LogP contribution in [0.15, 0.2) is 52.9 Å². The van der Waals surface area contributed by atoms with E-state index in [1.165, 1.54) is 23.1 Å². The summed E-state index contributed by atoms with van der Waals surface area (Å²) < 4.78 is 0.767. The molecule has 1 amide bonds. The van der Waals surface area contributed by atoms with Crippen LogP contribution >= 0.6 is 23.1 Å². The van der Waals surface area contributed by atoms with Gasteiger partial charge in [0.1, 0.15) is 0 Å². The van der Waals surface area contributed by atoms with Gasteiger partial charge in [0.05, 0.1) is 5.75 Å². The number of hydrogen-bond acceptors (Lipinski definition) is 6. The van der Waals surface area contributed by atoms with Gasteiger partial charge in [0.15, 0.2) is 4.34 Å². The topological polar surface area (TPSA) is 66.9 Å². The molecule has 1 heterocycles. The zero-order chi connectivity index (χ0) is 19.1. The summed E-state index contributed by atoms with van der Waals surface area (Å²) >= 11 is 2.84. The molecule has 0 aliphatic heterocycles. The van der Waals surface area contributed by atoms with Crippen molar-refractivity contribution in [1.29, 1.82) is 0 Å². The van der Waals surface area contributed by atoms with Gasteiger partial charge in [-0.2, -0.15) is 0 Å². The number of aromatic nitrogens is 2. The molecular weight excluding hydrogens is 376 g/mol. The van der Waals surface area contributed by atoms with Gasteiger partial charge in [-0.1, -0.05) is 73.3 Å². The van der Waals surface area contributed by atoms with Crippen LogP contribution in [0.5, 0.6) is 0 Å². The maximum atomic E-state index is 12.4. The molecule has 3 aromatic rings. The molecule has 5 nitrogen and oxygen atoms in total. The second-order valence-corrected chi connectivity index (χ2v) is 8.06. The van der Waals surface area contributed by atoms with E-state index in [0.717, 1.165) is 39.7 Å². The summed E-state index contributed by atoms with van der Waals surface area (Å²) in [7, 11) is 0. The predicted octanol–water partition coefficient (Wildman–Crippen LogP) is 5.14. The Balaban J connectivity index is 1.57. The zero-order valence-corrected chi connectivity index (χ0v) is 17.0. The molecule has 0 fully saturated rings. The van der Waals surface area contributed by atoms with Crippen LogP contribution in [0, 0.1) is 0 Å². The smallest absolute Gasteiger partial charge is 0.234 e. The normalized spacial score (nSPS) is 10.6. The summed E-state index contributed by atoms with van der Waals surface area (Å²) in [5, 5.41) is 15.3. The summed E-state index contributed by atoms with van der Waals surface area (Å²) in [6, 6.07) is 16.0. The molecule has 0 aliphatic rings. The van der Waals surface area contributed by atoms with Crippen molar-refractivity contribution in [1.82, 2.24) is 10.2 Å². The molecule has 0 saturated heterocycles. The molecule has 140 valence electrons. The van der Waals surface area contributed by atoms with E-state index in [1.54, 1.807) is 0 Å². The van der Waals surface area contributed by atoms with Crippen LogP contribution in [-0.4, -0.2) is 21.9 Å². The van der Waals surface area contributed by atoms with Crippen LogP contribution in [0.1, 0.15) is 25.0 Å². The van der Waals surface area contributed by atoms with Crippen LogP contribution < -0.4 is 10.6 Å². The van der Waals surface area contributed by atoms with Crippen LogP contribution in [0.25, 0.3) is 0 Å². The number of hydrogen-bond donors (Lipinski definition) is 2. The largest absolute Gasteiger partial charge is 0.330 e. The Morgan fingerprint density at radius 1 is 1.00 bits per heavy atom. The molecular formula is C20H22N4OS2. The Hall–Kier alpha value is -2.38. The molecule has 2 aromatic carbocycles. The molecule has 7 heteroatoms. The Labute approximate surface area is 167 Å². The Morgan fingerprint density at radius 2 is 1.70 bits per heavy atom. The fourth-order valence-corrected chi connectivity index (χ4v) is 4.24. The van der Waals surface area contributed by atoms with Gasteiger partial charge in [-0.3, -0.25) is 4.79 Å². The molecule has 2 N–H and O–H groups in total. The van der Waals surface area contributed by atoms with Gasteiger partial charge in [0, 0.05) is 11.4 Å². The fourth-order valence-electron chi connectivity index (χ4n) is 2.67. The first-order chi connectivity index (χ1) is 13.2. The van der Waals surface area contributed by atoms with Crippen LogP contribution in [-0.2, 0) is 17.6 Å². The summed E-state index contributed by atoms with van der Waals surface area (Å²) in [5.74, 6) is 0.282. The van der Waals surface area contributed by atoms with Gasteiger partial charge >= 0.3 is 0 Å². The van der Waals surface area contributed by atoms with Crippen molar-refractivity contribution in [2.24, 2.45) is 0 Å². The summed E-state index contributed by atoms with van der Waals surface area (Å²) in [5.41, 5.74) is 4.25. The SMILES string of the molecule is CCc1cccc(CC)c1NC(=O)CSc1nnc(Nc2ccccc2)s1. The van der Waals surface area contributed by atoms with Crippen LogP contribution in [0.3, 0.4) is 0 Å². The highest BCUT2D eigenvalue weighted by Crippen LogP contribution is 2.28. The quantitative estimate of drug-likeness (QED) is 0.515. The van der Waals surface area contributed by atoms with E-state index in [1.807, 2.05) is 36.4 Å². The first-order valence-electron chi connectivity index (χ1n) is 8.88. The average molecular weight is 399 g/mol. The second kappa shape index (κ2) is 9.53. The van der Waals surface area contributed by atoms with Crippen molar-refractivity contribution < 1.29 is 4.79 Å². The molecule has 0 unspecified atom stereocenters. The minimum atomic E-state index is -0.0247. The lowest BCUT2D eigenvalue weighted by atomic mass is 10.0. The van der Waals surface area contributed by atoms with Crippen molar-refractivity contribution in [2.75, 3.05) is 16.4 Å². The van der Waals surface area contributed by atoms with E-state index in [-0.39, 0.29) is 5.91 Å². The number of nitrogens with zero attached hydrogens (tertiary/aromatic N) is 2. The van der Waals surface area contributed by atoms with E-state index in [4.69, 9.17) is 0 Å². The molecule has 1 aromatic heterocycles. The molecule has 0 saturated carbocycles. The van der Waals surface area contributed by atoms with Gasteiger partial charge in [0.2, 0.25) is 11.0 Å². The highest BCUT2D eigenvalue weighted by Gasteiger charge is 2.12. The predicted molar refractivity (Wildman–Crippen MR) is 114 cm³/mol. The number of anilines is 3. The van der Waals surface area contributed by atoms with Gasteiger partial charge in [-0.05, 0) is 36.1 Å². The lowest BCUT2D eigenvalue weighted by Crippen LogP contribution is -2.16. The summed E-state index contributed by atoms with van der Waals surface area (Å²) in [6.07, 6.45) is 1.78. The number of aryl methyl sites for hydroxylation is 2. The van der Waals surface area contributed by atoms with E-state index in [9.17, 15) is 4.79 Å². The van der Waals surface area contributed by atoms with E-state index < -0.39 is 0 Å². The number of para-hydroxylation sites is 2. The molecule has 27 heavy (non-hydrogen) atoms. The Bertz CT molecular complexity index is 874. The zero-order valence-electron chi connectivity index (χ0n) is 15.4. The number of carbonyl (C=O) groups is 1. The molecule has 0 atom stereocenters. The fraction of sp³-hybridized carbons (Fsp3) is 0.250. The van der Waals surface area contributed by atoms with Gasteiger partial charge < -0.3 is 10.6 Å². The molecule has 0 aliphatic carbocycles. The van der Waals surface area contributed by atoms with Crippen molar-refractivity contribution in [3.8, 4) is 0 Å². The number of rotatable bonds is 8. The standard InChI is InChI=1S/C20H22N4OS2/c1-3-14-9-8-10-15(4-2)18(14)22-17(25)13-26-20-24-23-19(27-20)21-16-11-6-5-7-12-16/h5-12H,3-4,13H2,1-2H3,(H,21,23)(H,22,25). The van der Waals surface area contributed by atoms with Gasteiger partial charge in [-0.25, -0.2) is 0 Å². The van der Waals surface area contributed by atoms with Gasteiger partial charge in [-0.15, -0.1) is 10.2 Å². The molecule has 0 spiro atoms. The summed E-state index contributed by atoms with van der Waals surface area (Å²) in [6.45, 7) is 4.20. The first kappa shape index (κ1) is 19.4. The minimum Gasteiger partial charge on any atom is -0.330 e. The third kappa shape index (κ3) is 5.30. The van der Waals surface area contributed by atoms with E-state index >= 15 is 0 Å². The first-order valence-corrected chi connectivity index (χ1v) is 10.7. The molecule has 0 radical (unpaired) electrons. The highest BCUT2D eigenvalue weighted by molar-refractivity contribution is 8.01.